The second-order valence-corrected chi connectivity index (χ2v) is 11.6. The van der Waals surface area contributed by atoms with Gasteiger partial charge >= 0.3 is 11.8 Å². The fraction of sp³-hybridized carbons (Fsp3) is 0.343. The van der Waals surface area contributed by atoms with E-state index in [1.807, 2.05) is 67.6 Å². The Labute approximate surface area is 261 Å². The maximum atomic E-state index is 14.2. The highest BCUT2D eigenvalue weighted by molar-refractivity contribution is 5.70. The number of H-pyrrole nitrogens is 1. The summed E-state index contributed by atoms with van der Waals surface area (Å²) in [6.45, 7) is 4.56. The molecule has 0 unspecified atom stereocenters. The molecule has 4 aromatic rings. The molecule has 236 valence electrons. The minimum absolute atomic E-state index is 0.0560. The van der Waals surface area contributed by atoms with Crippen LogP contribution in [-0.2, 0) is 40.5 Å². The van der Waals surface area contributed by atoms with Gasteiger partial charge < -0.3 is 9.47 Å². The number of carbonyl (C=O) groups excluding carboxylic acids is 1. The van der Waals surface area contributed by atoms with Crippen LogP contribution in [0.2, 0.25) is 0 Å². The number of ether oxygens (including phenoxy) is 2. The first-order valence-corrected chi connectivity index (χ1v) is 15.0. The summed E-state index contributed by atoms with van der Waals surface area (Å²) in [7, 11) is 0. The molecule has 0 bridgehead atoms. The van der Waals surface area contributed by atoms with E-state index < -0.39 is 36.6 Å². The van der Waals surface area contributed by atoms with Crippen LogP contribution >= 0.6 is 0 Å². The lowest BCUT2D eigenvalue weighted by Gasteiger charge is -2.53. The normalized spacial score (nSPS) is 20.5. The number of nitrogens with one attached hydrogen (secondary N) is 1. The number of amides is 1. The number of nitrogens with zero attached hydrogens (tertiary/aromatic N) is 3. The summed E-state index contributed by atoms with van der Waals surface area (Å²) in [6.07, 6.45) is 3.39. The number of aromatic nitrogens is 3. The molecule has 45 heavy (non-hydrogen) atoms. The number of halogens is 2. The largest absolute Gasteiger partial charge is 0.445 e. The molecule has 1 aliphatic heterocycles. The standard InChI is InChI=1S/C35H38F2N4O4/c1-3-14-34(41-25-38-39-32(41)42)15-16-35(31-12-8-5-9-13-31,40(23-34)33(43)44-22-27-10-6-4-7-11-27)24-45-26(2)30-18-28(20-36)17-29(19-30)21-37/h3-13,17-19,25-26H,1,14-16,20-24H2,2H3,(H,39,42)/t26-,34+,35-/m1/s1. The summed E-state index contributed by atoms with van der Waals surface area (Å²) in [5, 5.41) is 6.44. The number of piperidine rings is 1. The molecule has 1 amide bonds. The Morgan fingerprint density at radius 3 is 2.29 bits per heavy atom. The van der Waals surface area contributed by atoms with Gasteiger partial charge in [0.25, 0.3) is 0 Å². The molecule has 5 rings (SSSR count). The van der Waals surface area contributed by atoms with Crippen molar-refractivity contribution in [3.05, 3.63) is 136 Å². The molecule has 0 radical (unpaired) electrons. The molecule has 3 aromatic carbocycles. The molecule has 2 heterocycles. The molecule has 0 aliphatic carbocycles. The van der Waals surface area contributed by atoms with Crippen molar-refractivity contribution in [3.63, 3.8) is 0 Å². The number of carbonyl (C=O) groups is 1. The highest BCUT2D eigenvalue weighted by Crippen LogP contribution is 2.46. The van der Waals surface area contributed by atoms with Gasteiger partial charge in [-0.1, -0.05) is 84.9 Å². The van der Waals surface area contributed by atoms with Crippen LogP contribution in [0.5, 0.6) is 0 Å². The van der Waals surface area contributed by atoms with Crippen molar-refractivity contribution in [1.82, 2.24) is 19.7 Å². The van der Waals surface area contributed by atoms with E-state index in [2.05, 4.69) is 16.8 Å². The molecule has 1 saturated heterocycles. The van der Waals surface area contributed by atoms with E-state index >= 15 is 0 Å². The van der Waals surface area contributed by atoms with E-state index in [4.69, 9.17) is 9.47 Å². The molecular formula is C35H38F2N4O4. The van der Waals surface area contributed by atoms with Crippen LogP contribution < -0.4 is 5.69 Å². The highest BCUT2D eigenvalue weighted by Gasteiger charge is 2.52. The first kappa shape index (κ1) is 31.8. The monoisotopic (exact) mass is 616 g/mol. The zero-order valence-electron chi connectivity index (χ0n) is 25.3. The van der Waals surface area contributed by atoms with E-state index in [0.29, 0.717) is 36.0 Å². The summed E-state index contributed by atoms with van der Waals surface area (Å²) in [5.74, 6) is 0. The van der Waals surface area contributed by atoms with Crippen LogP contribution in [0.4, 0.5) is 13.6 Å². The minimum atomic E-state index is -0.998. The first-order valence-electron chi connectivity index (χ1n) is 15.0. The second-order valence-electron chi connectivity index (χ2n) is 11.6. The third-order valence-corrected chi connectivity index (χ3v) is 8.72. The van der Waals surface area contributed by atoms with Crippen molar-refractivity contribution < 1.29 is 23.0 Å². The van der Waals surface area contributed by atoms with E-state index in [1.165, 1.54) is 17.0 Å². The number of rotatable bonds is 12. The fourth-order valence-corrected chi connectivity index (χ4v) is 6.27. The van der Waals surface area contributed by atoms with E-state index in [1.54, 1.807) is 23.1 Å². The maximum Gasteiger partial charge on any atom is 0.410 e. The Morgan fingerprint density at radius 2 is 1.69 bits per heavy atom. The maximum absolute atomic E-state index is 14.2. The predicted octanol–water partition coefficient (Wildman–Crippen LogP) is 6.89. The van der Waals surface area contributed by atoms with E-state index in [0.717, 1.165) is 11.1 Å². The smallest absolute Gasteiger partial charge is 0.410 e. The Balaban J connectivity index is 1.55. The average Bonchev–Trinajstić information content (AvgIpc) is 3.53. The molecule has 10 heteroatoms. The topological polar surface area (TPSA) is 89.5 Å². The van der Waals surface area contributed by atoms with Gasteiger partial charge in [0.2, 0.25) is 0 Å². The number of aromatic amines is 1. The van der Waals surface area contributed by atoms with Gasteiger partial charge in [0.05, 0.1) is 23.8 Å². The second kappa shape index (κ2) is 14.0. The van der Waals surface area contributed by atoms with E-state index in [-0.39, 0.29) is 25.4 Å². The quantitative estimate of drug-likeness (QED) is 0.175. The molecule has 1 fully saturated rings. The molecule has 3 atom stereocenters. The number of alkyl halides is 2. The van der Waals surface area contributed by atoms with Crippen molar-refractivity contribution in [1.29, 1.82) is 0 Å². The van der Waals surface area contributed by atoms with Crippen LogP contribution in [0.15, 0.2) is 103 Å². The minimum Gasteiger partial charge on any atom is -0.445 e. The lowest BCUT2D eigenvalue weighted by molar-refractivity contribution is -0.0814. The Morgan fingerprint density at radius 1 is 1.02 bits per heavy atom. The van der Waals surface area contributed by atoms with Gasteiger partial charge in [0, 0.05) is 6.54 Å². The van der Waals surface area contributed by atoms with Crippen LogP contribution in [0.1, 0.15) is 60.1 Å². The summed E-state index contributed by atoms with van der Waals surface area (Å²) in [5.41, 5.74) is 0.827. The molecule has 1 aromatic heterocycles. The summed E-state index contributed by atoms with van der Waals surface area (Å²) >= 11 is 0. The van der Waals surface area contributed by atoms with Crippen molar-refractivity contribution in [2.45, 2.75) is 63.3 Å². The van der Waals surface area contributed by atoms with Gasteiger partial charge in [-0.05, 0) is 54.0 Å². The predicted molar refractivity (Wildman–Crippen MR) is 167 cm³/mol. The van der Waals surface area contributed by atoms with Gasteiger partial charge in [0.1, 0.15) is 26.3 Å². The van der Waals surface area contributed by atoms with Gasteiger partial charge in [0.15, 0.2) is 0 Å². The molecule has 0 spiro atoms. The SMILES string of the molecule is C=CC[C@]1(n2cn[nH]c2=O)CC[C@@](CO[C@H](C)c2cc(CF)cc(CF)c2)(c2ccccc2)N(C(=O)OCc2ccccc2)C1. The van der Waals surface area contributed by atoms with Crippen molar-refractivity contribution >= 4 is 6.09 Å². The fourth-order valence-electron chi connectivity index (χ4n) is 6.27. The molecule has 0 saturated carbocycles. The first-order chi connectivity index (χ1) is 21.8. The van der Waals surface area contributed by atoms with Gasteiger partial charge in [-0.2, -0.15) is 5.10 Å². The Hall–Kier alpha value is -4.57. The van der Waals surface area contributed by atoms with E-state index in [9.17, 15) is 18.4 Å². The van der Waals surface area contributed by atoms with Gasteiger partial charge in [-0.25, -0.2) is 23.5 Å². The Bertz CT molecular complexity index is 1620. The highest BCUT2D eigenvalue weighted by atomic mass is 19.1. The molecule has 8 nitrogen and oxygen atoms in total. The van der Waals surface area contributed by atoms with Gasteiger partial charge in [-0.15, -0.1) is 6.58 Å². The van der Waals surface area contributed by atoms with Crippen molar-refractivity contribution in [3.8, 4) is 0 Å². The number of benzene rings is 3. The zero-order chi connectivity index (χ0) is 31.9. The summed E-state index contributed by atoms with van der Waals surface area (Å²) < 4.78 is 41.2. The van der Waals surface area contributed by atoms with Gasteiger partial charge in [-0.3, -0.25) is 9.47 Å². The summed E-state index contributed by atoms with van der Waals surface area (Å²) in [4.78, 5) is 28.8. The van der Waals surface area contributed by atoms with Crippen LogP contribution in [0, 0.1) is 0 Å². The van der Waals surface area contributed by atoms with Crippen LogP contribution in [0.25, 0.3) is 0 Å². The Kier molecular flexibility index (Phi) is 9.93. The number of likely N-dealkylation sites (tertiary alicyclic amines) is 1. The third-order valence-electron chi connectivity index (χ3n) is 8.72. The van der Waals surface area contributed by atoms with Crippen LogP contribution in [-0.4, -0.2) is 38.9 Å². The number of hydrogen-bond donors (Lipinski definition) is 1. The van der Waals surface area contributed by atoms with Crippen LogP contribution in [0.3, 0.4) is 0 Å². The number of hydrogen-bond acceptors (Lipinski definition) is 5. The molecule has 1 aliphatic rings. The average molecular weight is 617 g/mol. The summed E-state index contributed by atoms with van der Waals surface area (Å²) in [6, 6.07) is 23.8. The number of allylic oxidation sites excluding steroid dienone is 1. The molecule has 1 N–H and O–H groups in total. The lowest BCUT2D eigenvalue weighted by atomic mass is 9.73. The lowest BCUT2D eigenvalue weighted by Crippen LogP contribution is -2.63. The van der Waals surface area contributed by atoms with Crippen molar-refractivity contribution in [2.75, 3.05) is 13.2 Å². The molecular weight excluding hydrogens is 578 g/mol. The van der Waals surface area contributed by atoms with Crippen molar-refractivity contribution in [2.24, 2.45) is 0 Å². The third kappa shape index (κ3) is 6.76. The zero-order valence-corrected chi connectivity index (χ0v) is 25.3.